The summed E-state index contributed by atoms with van der Waals surface area (Å²) in [7, 11) is 0. The number of aryl methyl sites for hydroxylation is 2. The number of hydrogen-bond acceptors (Lipinski definition) is 6. The predicted octanol–water partition coefficient (Wildman–Crippen LogP) is 4.16. The Morgan fingerprint density at radius 1 is 1.07 bits per heavy atom. The highest BCUT2D eigenvalue weighted by Crippen LogP contribution is 2.24. The van der Waals surface area contributed by atoms with Crippen molar-refractivity contribution in [2.45, 2.75) is 19.9 Å². The molecular weight excluding hydrogens is 368 g/mol. The van der Waals surface area contributed by atoms with Crippen LogP contribution in [0.25, 0.3) is 22.9 Å². The molecule has 29 heavy (non-hydrogen) atoms. The molecule has 0 saturated carbocycles. The van der Waals surface area contributed by atoms with Gasteiger partial charge in [-0.3, -0.25) is 0 Å². The van der Waals surface area contributed by atoms with Gasteiger partial charge in [0.05, 0.1) is 18.5 Å². The SMILES string of the molecule is Cc1cccc(-c2nnc(-c3ccc(C(=O)OCCCn4ccnc4)cc3)o2)c1. The number of hydrogen-bond donors (Lipinski definition) is 0. The lowest BCUT2D eigenvalue weighted by Crippen LogP contribution is -2.08. The van der Waals surface area contributed by atoms with Gasteiger partial charge in [0.25, 0.3) is 0 Å². The van der Waals surface area contributed by atoms with Crippen LogP contribution in [0, 0.1) is 6.92 Å². The van der Waals surface area contributed by atoms with E-state index in [1.807, 2.05) is 42.0 Å². The quantitative estimate of drug-likeness (QED) is 0.349. The van der Waals surface area contributed by atoms with Gasteiger partial charge in [0.15, 0.2) is 0 Å². The van der Waals surface area contributed by atoms with Gasteiger partial charge in [-0.2, -0.15) is 0 Å². The van der Waals surface area contributed by atoms with Crippen LogP contribution in [0.2, 0.25) is 0 Å². The van der Waals surface area contributed by atoms with Crippen molar-refractivity contribution in [2.75, 3.05) is 6.61 Å². The number of carbonyl (C=O) groups excluding carboxylic acids is 1. The predicted molar refractivity (Wildman–Crippen MR) is 107 cm³/mol. The van der Waals surface area contributed by atoms with Gasteiger partial charge in [-0.05, 0) is 49.7 Å². The van der Waals surface area contributed by atoms with E-state index in [2.05, 4.69) is 15.2 Å². The van der Waals surface area contributed by atoms with Gasteiger partial charge < -0.3 is 13.7 Å². The second-order valence-corrected chi connectivity index (χ2v) is 6.65. The van der Waals surface area contributed by atoms with Crippen LogP contribution in [-0.2, 0) is 11.3 Å². The number of rotatable bonds is 7. The molecule has 4 aromatic rings. The van der Waals surface area contributed by atoms with Crippen LogP contribution in [0.5, 0.6) is 0 Å². The number of aromatic nitrogens is 4. The summed E-state index contributed by atoms with van der Waals surface area (Å²) in [5.41, 5.74) is 3.22. The minimum absolute atomic E-state index is 0.349. The monoisotopic (exact) mass is 388 g/mol. The van der Waals surface area contributed by atoms with Gasteiger partial charge in [0.1, 0.15) is 0 Å². The Morgan fingerprint density at radius 3 is 2.59 bits per heavy atom. The molecule has 0 amide bonds. The van der Waals surface area contributed by atoms with Gasteiger partial charge in [-0.15, -0.1) is 10.2 Å². The average molecular weight is 388 g/mol. The zero-order valence-corrected chi connectivity index (χ0v) is 16.0. The fourth-order valence-electron chi connectivity index (χ4n) is 2.90. The number of nitrogens with zero attached hydrogens (tertiary/aromatic N) is 4. The summed E-state index contributed by atoms with van der Waals surface area (Å²) in [6.07, 6.45) is 6.07. The van der Waals surface area contributed by atoms with E-state index < -0.39 is 0 Å². The van der Waals surface area contributed by atoms with Crippen LogP contribution >= 0.6 is 0 Å². The van der Waals surface area contributed by atoms with E-state index in [9.17, 15) is 4.79 Å². The Balaban J connectivity index is 1.35. The number of esters is 1. The Labute approximate surface area is 168 Å². The van der Waals surface area contributed by atoms with E-state index in [1.54, 1.807) is 36.8 Å². The molecule has 0 bridgehead atoms. The molecule has 0 radical (unpaired) electrons. The van der Waals surface area contributed by atoms with Crippen molar-refractivity contribution in [1.82, 2.24) is 19.7 Å². The Kier molecular flexibility index (Phi) is 5.47. The van der Waals surface area contributed by atoms with Crippen molar-refractivity contribution < 1.29 is 13.9 Å². The van der Waals surface area contributed by atoms with Gasteiger partial charge in [0.2, 0.25) is 11.8 Å². The fraction of sp³-hybridized carbons (Fsp3) is 0.182. The molecule has 0 spiro atoms. The second-order valence-electron chi connectivity index (χ2n) is 6.65. The highest BCUT2D eigenvalue weighted by Gasteiger charge is 2.12. The van der Waals surface area contributed by atoms with Crippen molar-refractivity contribution in [3.05, 3.63) is 78.4 Å². The third-order valence-electron chi connectivity index (χ3n) is 4.41. The summed E-state index contributed by atoms with van der Waals surface area (Å²) in [5, 5.41) is 8.23. The molecule has 2 heterocycles. The second kappa shape index (κ2) is 8.52. The standard InChI is InChI=1S/C22H20N4O3/c1-16-4-2-5-19(14-16)21-25-24-20(29-21)17-6-8-18(9-7-17)22(27)28-13-3-11-26-12-10-23-15-26/h2,4-10,12,14-15H,3,11,13H2,1H3. The number of carbonyl (C=O) groups is 1. The largest absolute Gasteiger partial charge is 0.462 e. The van der Waals surface area contributed by atoms with Crippen molar-refractivity contribution in [3.63, 3.8) is 0 Å². The first-order valence-electron chi connectivity index (χ1n) is 9.33. The molecule has 0 atom stereocenters. The Morgan fingerprint density at radius 2 is 1.86 bits per heavy atom. The van der Waals surface area contributed by atoms with Crippen LogP contribution < -0.4 is 0 Å². The zero-order chi connectivity index (χ0) is 20.1. The van der Waals surface area contributed by atoms with Crippen LogP contribution in [0.15, 0.2) is 71.7 Å². The maximum absolute atomic E-state index is 12.2. The smallest absolute Gasteiger partial charge is 0.338 e. The van der Waals surface area contributed by atoms with Crippen molar-refractivity contribution >= 4 is 5.97 Å². The van der Waals surface area contributed by atoms with Crippen LogP contribution in [-0.4, -0.2) is 32.3 Å². The normalized spacial score (nSPS) is 10.8. The molecule has 2 aromatic heterocycles. The van der Waals surface area contributed by atoms with Gasteiger partial charge >= 0.3 is 5.97 Å². The molecule has 0 aliphatic heterocycles. The molecule has 2 aromatic carbocycles. The number of imidazole rings is 1. The van der Waals surface area contributed by atoms with E-state index in [4.69, 9.17) is 9.15 Å². The minimum atomic E-state index is -0.354. The van der Waals surface area contributed by atoms with E-state index >= 15 is 0 Å². The van der Waals surface area contributed by atoms with Gasteiger partial charge in [-0.1, -0.05) is 17.7 Å². The van der Waals surface area contributed by atoms with Crippen LogP contribution in [0.3, 0.4) is 0 Å². The van der Waals surface area contributed by atoms with Crippen molar-refractivity contribution in [1.29, 1.82) is 0 Å². The molecule has 0 N–H and O–H groups in total. The minimum Gasteiger partial charge on any atom is -0.462 e. The Hall–Kier alpha value is -3.74. The first-order valence-corrected chi connectivity index (χ1v) is 9.33. The lowest BCUT2D eigenvalue weighted by molar-refractivity contribution is 0.0496. The molecule has 0 unspecified atom stereocenters. The summed E-state index contributed by atoms with van der Waals surface area (Å²) >= 11 is 0. The third-order valence-corrected chi connectivity index (χ3v) is 4.41. The van der Waals surface area contributed by atoms with E-state index in [1.165, 1.54) is 0 Å². The average Bonchev–Trinajstić information content (AvgIpc) is 3.43. The molecule has 0 saturated heterocycles. The molecule has 7 nitrogen and oxygen atoms in total. The maximum atomic E-state index is 12.2. The van der Waals surface area contributed by atoms with Gasteiger partial charge in [-0.25, -0.2) is 9.78 Å². The molecule has 7 heteroatoms. The summed E-state index contributed by atoms with van der Waals surface area (Å²) in [5.74, 6) is 0.514. The van der Waals surface area contributed by atoms with Crippen molar-refractivity contribution in [3.8, 4) is 22.9 Å². The number of benzene rings is 2. The zero-order valence-electron chi connectivity index (χ0n) is 16.0. The molecule has 0 fully saturated rings. The molecular formula is C22H20N4O3. The highest BCUT2D eigenvalue weighted by molar-refractivity contribution is 5.89. The first kappa shape index (κ1) is 18.6. The summed E-state index contributed by atoms with van der Waals surface area (Å²) < 4.78 is 13.0. The lowest BCUT2D eigenvalue weighted by atomic mass is 10.1. The van der Waals surface area contributed by atoms with E-state index in [0.717, 1.165) is 29.7 Å². The number of ether oxygens (including phenoxy) is 1. The summed E-state index contributed by atoms with van der Waals surface area (Å²) in [4.78, 5) is 16.2. The highest BCUT2D eigenvalue weighted by atomic mass is 16.5. The lowest BCUT2D eigenvalue weighted by Gasteiger charge is -2.05. The molecule has 0 aliphatic carbocycles. The topological polar surface area (TPSA) is 83.0 Å². The maximum Gasteiger partial charge on any atom is 0.338 e. The van der Waals surface area contributed by atoms with E-state index in [0.29, 0.717) is 24.0 Å². The van der Waals surface area contributed by atoms with Crippen LogP contribution in [0.1, 0.15) is 22.3 Å². The Bertz CT molecular complexity index is 1090. The first-order chi connectivity index (χ1) is 14.2. The molecule has 4 rings (SSSR count). The van der Waals surface area contributed by atoms with Gasteiger partial charge in [0, 0.05) is 30.1 Å². The summed E-state index contributed by atoms with van der Waals surface area (Å²) in [6.45, 7) is 3.12. The molecule has 146 valence electrons. The van der Waals surface area contributed by atoms with Crippen molar-refractivity contribution in [2.24, 2.45) is 0 Å². The molecule has 0 aliphatic rings. The fourth-order valence-corrected chi connectivity index (χ4v) is 2.90. The van der Waals surface area contributed by atoms with E-state index in [-0.39, 0.29) is 5.97 Å². The summed E-state index contributed by atoms with van der Waals surface area (Å²) in [6, 6.07) is 14.8. The third kappa shape index (κ3) is 4.57. The van der Waals surface area contributed by atoms with Crippen LogP contribution in [0.4, 0.5) is 0 Å².